The van der Waals surface area contributed by atoms with E-state index in [1.807, 2.05) is 0 Å². The number of rotatable bonds is 5. The minimum atomic E-state index is -1.24. The highest BCUT2D eigenvalue weighted by Gasteiger charge is 2.53. The van der Waals surface area contributed by atoms with Crippen LogP contribution in [0.3, 0.4) is 0 Å². The highest BCUT2D eigenvalue weighted by atomic mass is 32.2. The molecule has 2 atom stereocenters. The number of hydrogen-bond acceptors (Lipinski definition) is 6. The van der Waals surface area contributed by atoms with Crippen LogP contribution in [0.2, 0.25) is 0 Å². The predicted octanol–water partition coefficient (Wildman–Crippen LogP) is 1.39. The molecule has 0 aromatic carbocycles. The summed E-state index contributed by atoms with van der Waals surface area (Å²) in [6, 6.07) is 2.14. The summed E-state index contributed by atoms with van der Waals surface area (Å²) in [5.74, 6) is -1.26. The lowest BCUT2D eigenvalue weighted by Gasteiger charge is -2.47. The topological polar surface area (TPSA) is 128 Å². The molecule has 0 saturated carbocycles. The van der Waals surface area contributed by atoms with Crippen molar-refractivity contribution < 1.29 is 19.4 Å². The molecule has 2 unspecified atom stereocenters. The summed E-state index contributed by atoms with van der Waals surface area (Å²) >= 11 is 1.38. The fourth-order valence-electron chi connectivity index (χ4n) is 2.46. The first-order valence-corrected chi connectivity index (χ1v) is 7.61. The van der Waals surface area contributed by atoms with E-state index >= 15 is 0 Å². The molecule has 0 radical (unpaired) electrons. The van der Waals surface area contributed by atoms with Crippen molar-refractivity contribution in [1.29, 1.82) is 0 Å². The summed E-state index contributed by atoms with van der Waals surface area (Å²) in [5, 5.41) is 12.8. The van der Waals surface area contributed by atoms with Gasteiger partial charge in [0.05, 0.1) is 11.8 Å². The van der Waals surface area contributed by atoms with E-state index in [0.29, 0.717) is 0 Å². The molecular formula is C13H11N5O4S. The number of aliphatic carboxylic acids is 1. The van der Waals surface area contributed by atoms with Crippen LogP contribution in [0.1, 0.15) is 0 Å². The van der Waals surface area contributed by atoms with Crippen LogP contribution in [0, 0.1) is 0 Å². The number of carbonyl (C=O) groups is 2. The van der Waals surface area contributed by atoms with Crippen molar-refractivity contribution in [2.24, 2.45) is 5.11 Å². The van der Waals surface area contributed by atoms with E-state index in [4.69, 9.17) is 10.3 Å². The number of thioether (sulfide) groups is 1. The average Bonchev–Trinajstić information content (AvgIpc) is 2.57. The van der Waals surface area contributed by atoms with Crippen LogP contribution in [-0.4, -0.2) is 51.3 Å². The molecule has 9 nitrogen and oxygen atoms in total. The minimum absolute atomic E-state index is 0.110. The Morgan fingerprint density at radius 3 is 2.96 bits per heavy atom. The Kier molecular flexibility index (Phi) is 4.09. The van der Waals surface area contributed by atoms with Crippen molar-refractivity contribution in [1.82, 2.24) is 9.88 Å². The van der Waals surface area contributed by atoms with Crippen molar-refractivity contribution in [2.45, 2.75) is 17.0 Å². The normalized spacial score (nSPS) is 22.6. The molecule has 1 aromatic heterocycles. The highest BCUT2D eigenvalue weighted by molar-refractivity contribution is 7.99. The fraction of sp³-hybridized carbons (Fsp3) is 0.308. The van der Waals surface area contributed by atoms with Crippen LogP contribution >= 0.6 is 11.8 Å². The van der Waals surface area contributed by atoms with E-state index in [-0.39, 0.29) is 23.8 Å². The van der Waals surface area contributed by atoms with Gasteiger partial charge in [-0.1, -0.05) is 5.11 Å². The Balaban J connectivity index is 1.82. The van der Waals surface area contributed by atoms with Gasteiger partial charge in [-0.15, -0.1) is 11.8 Å². The lowest BCUT2D eigenvalue weighted by molar-refractivity contribution is -0.157. The number of hydrogen-bond donors (Lipinski definition) is 1. The van der Waals surface area contributed by atoms with Gasteiger partial charge in [-0.25, -0.2) is 4.79 Å². The molecular weight excluding hydrogens is 322 g/mol. The summed E-state index contributed by atoms with van der Waals surface area (Å²) in [6.07, 6.45) is 3.27. The molecule has 0 aliphatic carbocycles. The van der Waals surface area contributed by atoms with Crippen LogP contribution < -0.4 is 0 Å². The molecule has 1 amide bonds. The average molecular weight is 333 g/mol. The van der Waals surface area contributed by atoms with Gasteiger partial charge in [-0.3, -0.25) is 14.7 Å². The van der Waals surface area contributed by atoms with Gasteiger partial charge < -0.3 is 9.84 Å². The molecule has 1 saturated heterocycles. The van der Waals surface area contributed by atoms with Crippen LogP contribution in [-0.2, 0) is 14.3 Å². The first-order chi connectivity index (χ1) is 11.1. The zero-order valence-corrected chi connectivity index (χ0v) is 12.5. The number of azide groups is 1. The molecule has 1 N–H and O–H groups in total. The van der Waals surface area contributed by atoms with Gasteiger partial charge in [0.1, 0.15) is 18.4 Å². The number of nitrogens with zero attached hydrogens (tertiary/aromatic N) is 5. The Morgan fingerprint density at radius 1 is 1.57 bits per heavy atom. The largest absolute Gasteiger partial charge is 0.492 e. The number of carboxylic acid groups (broad SMARTS) is 1. The smallest absolute Gasteiger partial charge is 0.356 e. The second kappa shape index (κ2) is 6.19. The van der Waals surface area contributed by atoms with Crippen LogP contribution in [0.15, 0.2) is 46.0 Å². The molecule has 3 rings (SSSR count). The number of carboxylic acids is 1. The molecule has 10 heteroatoms. The van der Waals surface area contributed by atoms with Crippen molar-refractivity contribution in [2.75, 3.05) is 12.4 Å². The third-order valence-corrected chi connectivity index (χ3v) is 4.53. The third kappa shape index (κ3) is 2.69. The number of amides is 1. The van der Waals surface area contributed by atoms with Gasteiger partial charge >= 0.3 is 5.97 Å². The maximum absolute atomic E-state index is 12.0. The summed E-state index contributed by atoms with van der Waals surface area (Å²) in [5.41, 5.74) is 8.27. The summed E-state index contributed by atoms with van der Waals surface area (Å²) in [6.45, 7) is 0.110. The van der Waals surface area contributed by atoms with Gasteiger partial charge in [-0.2, -0.15) is 0 Å². The highest BCUT2D eigenvalue weighted by Crippen LogP contribution is 2.36. The lowest BCUT2D eigenvalue weighted by atomic mass is 9.93. The van der Waals surface area contributed by atoms with Gasteiger partial charge in [0, 0.05) is 22.2 Å². The predicted molar refractivity (Wildman–Crippen MR) is 79.1 cm³/mol. The number of ether oxygens (including phenoxy) is 1. The van der Waals surface area contributed by atoms with E-state index in [1.165, 1.54) is 11.8 Å². The SMILES string of the molecule is [N-]=[N+]=NC1C(=O)N2C(C(=O)O)=C(CSc3ccncc3)OCC12. The standard InChI is InChI=1S/C13H11N5O4S/c14-17-16-10-8-5-22-9(6-23-7-1-3-15-4-2-7)11(13(20)21)18(8)12(10)19/h1-4,8,10H,5-6H2,(H,20,21). The molecule has 23 heavy (non-hydrogen) atoms. The first kappa shape index (κ1) is 15.2. The molecule has 1 aromatic rings. The number of β-lactam (4-membered cyclic amide) rings is 1. The van der Waals surface area contributed by atoms with E-state index < -0.39 is 24.0 Å². The molecule has 2 aliphatic rings. The van der Waals surface area contributed by atoms with Crippen molar-refractivity contribution in [3.8, 4) is 0 Å². The molecule has 118 valence electrons. The first-order valence-electron chi connectivity index (χ1n) is 6.63. The zero-order chi connectivity index (χ0) is 16.4. The van der Waals surface area contributed by atoms with E-state index in [0.717, 1.165) is 9.80 Å². The van der Waals surface area contributed by atoms with Crippen molar-refractivity contribution in [3.05, 3.63) is 46.4 Å². The second-order valence-electron chi connectivity index (χ2n) is 4.78. The Morgan fingerprint density at radius 2 is 2.30 bits per heavy atom. The lowest BCUT2D eigenvalue weighted by Crippen LogP contribution is -2.67. The van der Waals surface area contributed by atoms with Crippen molar-refractivity contribution in [3.63, 3.8) is 0 Å². The van der Waals surface area contributed by atoms with Gasteiger partial charge in [0.25, 0.3) is 0 Å². The van der Waals surface area contributed by atoms with Crippen LogP contribution in [0.5, 0.6) is 0 Å². The molecule has 0 bridgehead atoms. The van der Waals surface area contributed by atoms with E-state index in [2.05, 4.69) is 15.0 Å². The summed E-state index contributed by atoms with van der Waals surface area (Å²) < 4.78 is 5.52. The van der Waals surface area contributed by atoms with E-state index in [9.17, 15) is 14.7 Å². The van der Waals surface area contributed by atoms with E-state index in [1.54, 1.807) is 24.5 Å². The maximum Gasteiger partial charge on any atom is 0.356 e. The number of aromatic nitrogens is 1. The summed E-state index contributed by atoms with van der Waals surface area (Å²) in [7, 11) is 0. The molecule has 1 fully saturated rings. The minimum Gasteiger partial charge on any atom is -0.492 e. The quantitative estimate of drug-likeness (QED) is 0.285. The maximum atomic E-state index is 12.0. The third-order valence-electron chi connectivity index (χ3n) is 3.52. The van der Waals surface area contributed by atoms with Crippen LogP contribution in [0.4, 0.5) is 0 Å². The zero-order valence-electron chi connectivity index (χ0n) is 11.7. The number of pyridine rings is 1. The van der Waals surface area contributed by atoms with Gasteiger partial charge in [0.2, 0.25) is 5.91 Å². The number of carbonyl (C=O) groups excluding carboxylic acids is 1. The van der Waals surface area contributed by atoms with Gasteiger partial charge in [0.15, 0.2) is 5.70 Å². The Bertz CT molecular complexity index is 731. The molecule has 3 heterocycles. The summed E-state index contributed by atoms with van der Waals surface area (Å²) in [4.78, 5) is 32.1. The number of fused-ring (bicyclic) bond motifs is 1. The molecule has 0 spiro atoms. The van der Waals surface area contributed by atoms with Crippen LogP contribution in [0.25, 0.3) is 10.4 Å². The fourth-order valence-corrected chi connectivity index (χ4v) is 3.29. The van der Waals surface area contributed by atoms with Crippen molar-refractivity contribution >= 4 is 23.6 Å². The van der Waals surface area contributed by atoms with Gasteiger partial charge in [-0.05, 0) is 17.7 Å². The molecule has 2 aliphatic heterocycles. The second-order valence-corrected chi connectivity index (χ2v) is 5.83. The Hall–Kier alpha value is -2.71. The Labute approximate surface area is 134 Å². The monoisotopic (exact) mass is 333 g/mol.